The third-order valence-corrected chi connectivity index (χ3v) is 2.42. The molecule has 1 aliphatic rings. The molecule has 12 heavy (non-hydrogen) atoms. The van der Waals surface area contributed by atoms with Crippen molar-refractivity contribution >= 4 is 21.8 Å². The molecule has 0 aromatic heterocycles. The first-order valence-corrected chi connectivity index (χ1v) is 4.92. The number of rotatable bonds is 1. The summed E-state index contributed by atoms with van der Waals surface area (Å²) >= 11 is 3.21. The van der Waals surface area contributed by atoms with Gasteiger partial charge in [0.1, 0.15) is 6.04 Å². The number of hydrogen-bond acceptors (Lipinski definition) is 2. The van der Waals surface area contributed by atoms with E-state index < -0.39 is 0 Å². The van der Waals surface area contributed by atoms with Crippen LogP contribution in [0.5, 0.6) is 0 Å². The molecule has 0 spiro atoms. The molecule has 1 fully saturated rings. The minimum absolute atomic E-state index is 0.0269. The van der Waals surface area contributed by atoms with Crippen molar-refractivity contribution in [3.05, 3.63) is 0 Å². The minimum Gasteiger partial charge on any atom is -0.326 e. The van der Waals surface area contributed by atoms with Gasteiger partial charge < -0.3 is 4.90 Å². The molecule has 0 N–H and O–H groups in total. The summed E-state index contributed by atoms with van der Waals surface area (Å²) in [5, 5.41) is 8.71. The lowest BCUT2D eigenvalue weighted by molar-refractivity contribution is -0.130. The van der Waals surface area contributed by atoms with Crippen molar-refractivity contribution < 1.29 is 4.79 Å². The van der Waals surface area contributed by atoms with E-state index in [2.05, 4.69) is 22.0 Å². The average Bonchev–Trinajstić information content (AvgIpc) is 2.49. The normalized spacial score (nSPS) is 25.1. The molecule has 1 aliphatic heterocycles. The van der Waals surface area contributed by atoms with E-state index in [4.69, 9.17) is 5.26 Å². The molecule has 3 nitrogen and oxygen atoms in total. The first kappa shape index (κ1) is 9.53. The third-order valence-electron chi connectivity index (χ3n) is 2.03. The number of hydrogen-bond donors (Lipinski definition) is 0. The zero-order chi connectivity index (χ0) is 9.14. The Balaban J connectivity index is 2.63. The molecule has 1 heterocycles. The van der Waals surface area contributed by atoms with Crippen molar-refractivity contribution in [3.63, 3.8) is 0 Å². The number of carbonyl (C=O) groups is 1. The maximum absolute atomic E-state index is 11.4. The fraction of sp³-hybridized carbons (Fsp3) is 0.750. The molecule has 0 aliphatic carbocycles. The number of nitrogens with zero attached hydrogens (tertiary/aromatic N) is 2. The van der Waals surface area contributed by atoms with Gasteiger partial charge in [-0.05, 0) is 19.8 Å². The number of nitriles is 1. The summed E-state index contributed by atoms with van der Waals surface area (Å²) in [7, 11) is 0. The molecular weight excluding hydrogens is 220 g/mol. The predicted molar refractivity (Wildman–Crippen MR) is 48.7 cm³/mol. The Kier molecular flexibility index (Phi) is 3.10. The summed E-state index contributed by atoms with van der Waals surface area (Å²) in [5.41, 5.74) is 0. The fourth-order valence-corrected chi connectivity index (χ4v) is 1.66. The van der Waals surface area contributed by atoms with E-state index in [0.29, 0.717) is 0 Å². The van der Waals surface area contributed by atoms with Crippen molar-refractivity contribution in [2.24, 2.45) is 0 Å². The van der Waals surface area contributed by atoms with Crippen molar-refractivity contribution in [2.75, 3.05) is 6.54 Å². The van der Waals surface area contributed by atoms with Gasteiger partial charge in [-0.25, -0.2) is 0 Å². The standard InChI is InChI=1S/C8H11BrN2O/c1-6(9)8(12)11-4-2-3-7(11)5-10/h6-7H,2-4H2,1H3/t6?,7-/m0/s1. The van der Waals surface area contributed by atoms with Crippen molar-refractivity contribution in [1.82, 2.24) is 4.90 Å². The van der Waals surface area contributed by atoms with E-state index in [-0.39, 0.29) is 16.8 Å². The van der Waals surface area contributed by atoms with Gasteiger partial charge in [-0.1, -0.05) is 15.9 Å². The van der Waals surface area contributed by atoms with E-state index in [1.165, 1.54) is 0 Å². The van der Waals surface area contributed by atoms with Gasteiger partial charge >= 0.3 is 0 Å². The summed E-state index contributed by atoms with van der Waals surface area (Å²) in [6.07, 6.45) is 1.77. The zero-order valence-electron chi connectivity index (χ0n) is 6.96. The van der Waals surface area contributed by atoms with Gasteiger partial charge in [0.2, 0.25) is 5.91 Å². The minimum atomic E-state index is -0.197. The number of amides is 1. The summed E-state index contributed by atoms with van der Waals surface area (Å²) in [4.78, 5) is 12.9. The molecule has 0 aromatic rings. The van der Waals surface area contributed by atoms with E-state index in [1.54, 1.807) is 11.8 Å². The van der Waals surface area contributed by atoms with Crippen LogP contribution in [0.4, 0.5) is 0 Å². The van der Waals surface area contributed by atoms with E-state index >= 15 is 0 Å². The summed E-state index contributed by atoms with van der Waals surface area (Å²) in [6, 6.07) is 1.94. The van der Waals surface area contributed by atoms with Crippen LogP contribution in [0.3, 0.4) is 0 Å². The highest BCUT2D eigenvalue weighted by Crippen LogP contribution is 2.18. The van der Waals surface area contributed by atoms with Crippen LogP contribution in [-0.2, 0) is 4.79 Å². The SMILES string of the molecule is CC(Br)C(=O)N1CCC[C@H]1C#N. The highest BCUT2D eigenvalue weighted by atomic mass is 79.9. The second-order valence-corrected chi connectivity index (χ2v) is 4.31. The Bertz CT molecular complexity index is 222. The second kappa shape index (κ2) is 3.90. The molecule has 0 bridgehead atoms. The van der Waals surface area contributed by atoms with Gasteiger partial charge in [0.15, 0.2) is 0 Å². The van der Waals surface area contributed by atoms with Crippen LogP contribution in [0, 0.1) is 11.3 Å². The van der Waals surface area contributed by atoms with E-state index in [9.17, 15) is 4.79 Å². The van der Waals surface area contributed by atoms with Gasteiger partial charge in [0.05, 0.1) is 10.9 Å². The molecule has 0 saturated carbocycles. The second-order valence-electron chi connectivity index (χ2n) is 2.93. The average molecular weight is 231 g/mol. The predicted octanol–water partition coefficient (Wildman–Crippen LogP) is 1.28. The van der Waals surface area contributed by atoms with Gasteiger partial charge in [-0.2, -0.15) is 5.26 Å². The Labute approximate surface area is 80.5 Å². The monoisotopic (exact) mass is 230 g/mol. The molecule has 1 rings (SSSR count). The lowest BCUT2D eigenvalue weighted by Crippen LogP contribution is -2.38. The van der Waals surface area contributed by atoms with Crippen molar-refractivity contribution in [3.8, 4) is 6.07 Å². The van der Waals surface area contributed by atoms with Crippen LogP contribution >= 0.6 is 15.9 Å². The molecule has 1 unspecified atom stereocenters. The first-order valence-electron chi connectivity index (χ1n) is 4.01. The Morgan fingerprint density at radius 3 is 3.00 bits per heavy atom. The molecule has 0 aromatic carbocycles. The highest BCUT2D eigenvalue weighted by Gasteiger charge is 2.30. The van der Waals surface area contributed by atoms with Crippen LogP contribution in [0.1, 0.15) is 19.8 Å². The highest BCUT2D eigenvalue weighted by molar-refractivity contribution is 9.10. The molecule has 1 amide bonds. The summed E-state index contributed by atoms with van der Waals surface area (Å²) < 4.78 is 0. The van der Waals surface area contributed by atoms with E-state index in [0.717, 1.165) is 19.4 Å². The molecular formula is C8H11BrN2O. The fourth-order valence-electron chi connectivity index (χ4n) is 1.39. The van der Waals surface area contributed by atoms with Gasteiger partial charge in [-0.15, -0.1) is 0 Å². The smallest absolute Gasteiger partial charge is 0.237 e. The lowest BCUT2D eigenvalue weighted by Gasteiger charge is -2.20. The molecule has 4 heteroatoms. The number of likely N-dealkylation sites (tertiary alicyclic amines) is 1. The van der Waals surface area contributed by atoms with Crippen LogP contribution in [-0.4, -0.2) is 28.2 Å². The largest absolute Gasteiger partial charge is 0.326 e. The van der Waals surface area contributed by atoms with Crippen LogP contribution < -0.4 is 0 Å². The third kappa shape index (κ3) is 1.78. The van der Waals surface area contributed by atoms with Crippen LogP contribution in [0.2, 0.25) is 0 Å². The summed E-state index contributed by atoms with van der Waals surface area (Å²) in [5.74, 6) is 0.0269. The Hall–Kier alpha value is -0.560. The number of carbonyl (C=O) groups excluding carboxylic acids is 1. The quantitative estimate of drug-likeness (QED) is 0.638. The summed E-state index contributed by atoms with van der Waals surface area (Å²) in [6.45, 7) is 2.52. The maximum atomic E-state index is 11.4. The molecule has 2 atom stereocenters. The van der Waals surface area contributed by atoms with Gasteiger partial charge in [-0.3, -0.25) is 4.79 Å². The number of halogens is 1. The number of alkyl halides is 1. The topological polar surface area (TPSA) is 44.1 Å². The molecule has 0 radical (unpaired) electrons. The molecule has 1 saturated heterocycles. The lowest BCUT2D eigenvalue weighted by atomic mass is 10.2. The Morgan fingerprint density at radius 1 is 1.83 bits per heavy atom. The zero-order valence-corrected chi connectivity index (χ0v) is 8.54. The van der Waals surface area contributed by atoms with Crippen molar-refractivity contribution in [2.45, 2.75) is 30.6 Å². The van der Waals surface area contributed by atoms with Gasteiger partial charge in [0, 0.05) is 6.54 Å². The van der Waals surface area contributed by atoms with Crippen molar-refractivity contribution in [1.29, 1.82) is 5.26 Å². The van der Waals surface area contributed by atoms with Crippen LogP contribution in [0.25, 0.3) is 0 Å². The van der Waals surface area contributed by atoms with E-state index in [1.807, 2.05) is 0 Å². The van der Waals surface area contributed by atoms with Gasteiger partial charge in [0.25, 0.3) is 0 Å². The molecule has 66 valence electrons. The Morgan fingerprint density at radius 2 is 2.50 bits per heavy atom. The maximum Gasteiger partial charge on any atom is 0.237 e. The van der Waals surface area contributed by atoms with Crippen LogP contribution in [0.15, 0.2) is 0 Å². The first-order chi connectivity index (χ1) is 5.66.